The number of para-hydroxylation sites is 1. The Kier molecular flexibility index (Phi) is 6.74. The van der Waals surface area contributed by atoms with Gasteiger partial charge < -0.3 is 15.5 Å². The molecule has 2 N–H and O–H groups in total. The molecule has 2 aromatic rings. The van der Waals surface area contributed by atoms with Crippen LogP contribution in [0.2, 0.25) is 0 Å². The molecule has 1 unspecified atom stereocenters. The minimum atomic E-state index is 0.632. The lowest BCUT2D eigenvalue weighted by atomic mass is 10.1. The van der Waals surface area contributed by atoms with E-state index >= 15 is 0 Å². The van der Waals surface area contributed by atoms with E-state index in [4.69, 9.17) is 4.99 Å². The van der Waals surface area contributed by atoms with Crippen molar-refractivity contribution in [2.45, 2.75) is 19.8 Å². The van der Waals surface area contributed by atoms with Gasteiger partial charge in [-0.1, -0.05) is 24.3 Å². The van der Waals surface area contributed by atoms with Crippen LogP contribution in [-0.2, 0) is 6.42 Å². The van der Waals surface area contributed by atoms with Crippen molar-refractivity contribution in [1.29, 1.82) is 0 Å². The van der Waals surface area contributed by atoms with Crippen LogP contribution in [0.5, 0.6) is 0 Å². The maximum atomic E-state index is 4.81. The van der Waals surface area contributed by atoms with E-state index in [0.29, 0.717) is 5.92 Å². The highest BCUT2D eigenvalue weighted by Gasteiger charge is 2.22. The van der Waals surface area contributed by atoms with Crippen LogP contribution in [0.1, 0.15) is 18.2 Å². The number of nitrogens with zero attached hydrogens (tertiary/aromatic N) is 2. The van der Waals surface area contributed by atoms with Gasteiger partial charge in [0.1, 0.15) is 0 Å². The van der Waals surface area contributed by atoms with Crippen LogP contribution in [-0.4, -0.2) is 38.7 Å². The first-order chi connectivity index (χ1) is 12.3. The van der Waals surface area contributed by atoms with E-state index in [-0.39, 0.29) is 0 Å². The number of thiophene rings is 1. The molecule has 0 amide bonds. The first-order valence-electron chi connectivity index (χ1n) is 9.19. The van der Waals surface area contributed by atoms with E-state index in [2.05, 4.69) is 70.3 Å². The summed E-state index contributed by atoms with van der Waals surface area (Å²) in [6.07, 6.45) is 2.26. The molecule has 0 bridgehead atoms. The average Bonchev–Trinajstić information content (AvgIpc) is 3.32. The van der Waals surface area contributed by atoms with Crippen molar-refractivity contribution in [2.24, 2.45) is 10.9 Å². The van der Waals surface area contributed by atoms with Crippen molar-refractivity contribution >= 4 is 23.0 Å². The van der Waals surface area contributed by atoms with Crippen LogP contribution >= 0.6 is 11.3 Å². The van der Waals surface area contributed by atoms with Crippen molar-refractivity contribution < 1.29 is 0 Å². The molecule has 25 heavy (non-hydrogen) atoms. The summed E-state index contributed by atoms with van der Waals surface area (Å²) in [6.45, 7) is 7.05. The molecule has 134 valence electrons. The SMILES string of the molecule is CCNC(=NCC1CCN(c2ccccc2)C1)NCCc1cccs1. The first kappa shape index (κ1) is 17.8. The number of nitrogens with one attached hydrogen (secondary N) is 2. The van der Waals surface area contributed by atoms with Gasteiger partial charge in [0, 0.05) is 43.3 Å². The van der Waals surface area contributed by atoms with E-state index in [1.165, 1.54) is 17.0 Å². The molecule has 1 fully saturated rings. The van der Waals surface area contributed by atoms with Gasteiger partial charge in [-0.15, -0.1) is 11.3 Å². The van der Waals surface area contributed by atoms with Crippen LogP contribution < -0.4 is 15.5 Å². The van der Waals surface area contributed by atoms with Gasteiger partial charge in [0.25, 0.3) is 0 Å². The topological polar surface area (TPSA) is 39.7 Å². The Morgan fingerprint density at radius 2 is 2.08 bits per heavy atom. The van der Waals surface area contributed by atoms with E-state index in [1.807, 2.05) is 11.3 Å². The molecular weight excluding hydrogens is 328 g/mol. The Labute approximate surface area is 155 Å². The largest absolute Gasteiger partial charge is 0.371 e. The number of anilines is 1. The highest BCUT2D eigenvalue weighted by molar-refractivity contribution is 7.09. The zero-order valence-electron chi connectivity index (χ0n) is 14.9. The molecule has 1 aliphatic rings. The van der Waals surface area contributed by atoms with Crippen LogP contribution in [0.3, 0.4) is 0 Å². The monoisotopic (exact) mass is 356 g/mol. The van der Waals surface area contributed by atoms with Crippen molar-refractivity contribution in [3.05, 3.63) is 52.7 Å². The Balaban J connectivity index is 1.46. The minimum Gasteiger partial charge on any atom is -0.371 e. The van der Waals surface area contributed by atoms with E-state index in [1.54, 1.807) is 0 Å². The molecule has 3 rings (SSSR count). The standard InChI is InChI=1S/C20H28N4S/c1-2-21-20(22-12-10-19-9-6-14-25-19)23-15-17-11-13-24(16-17)18-7-4-3-5-8-18/h3-9,14,17H,2,10-13,15-16H2,1H3,(H2,21,22,23). The molecule has 2 heterocycles. The minimum absolute atomic E-state index is 0.632. The van der Waals surface area contributed by atoms with Gasteiger partial charge in [-0.25, -0.2) is 0 Å². The third-order valence-electron chi connectivity index (χ3n) is 4.50. The summed E-state index contributed by atoms with van der Waals surface area (Å²) in [4.78, 5) is 8.70. The summed E-state index contributed by atoms with van der Waals surface area (Å²) in [6, 6.07) is 15.0. The van der Waals surface area contributed by atoms with Gasteiger partial charge in [0.05, 0.1) is 0 Å². The number of rotatable bonds is 7. The zero-order chi connectivity index (χ0) is 17.3. The van der Waals surface area contributed by atoms with E-state index < -0.39 is 0 Å². The Morgan fingerprint density at radius 1 is 1.20 bits per heavy atom. The molecule has 1 aliphatic heterocycles. The molecule has 0 spiro atoms. The summed E-state index contributed by atoms with van der Waals surface area (Å²) < 4.78 is 0. The quantitative estimate of drug-likeness (QED) is 0.590. The average molecular weight is 357 g/mol. The summed E-state index contributed by atoms with van der Waals surface area (Å²) in [5, 5.41) is 8.95. The van der Waals surface area contributed by atoms with Crippen LogP contribution in [0.15, 0.2) is 52.8 Å². The number of hydrogen-bond donors (Lipinski definition) is 2. The molecule has 4 nitrogen and oxygen atoms in total. The van der Waals surface area contributed by atoms with Crippen LogP contribution in [0.25, 0.3) is 0 Å². The Hall–Kier alpha value is -2.01. The van der Waals surface area contributed by atoms with Crippen molar-refractivity contribution in [1.82, 2.24) is 10.6 Å². The number of aliphatic imine (C=N–C) groups is 1. The molecule has 5 heteroatoms. The molecule has 1 atom stereocenters. The summed E-state index contributed by atoms with van der Waals surface area (Å²) in [7, 11) is 0. The second-order valence-electron chi connectivity index (χ2n) is 6.41. The predicted octanol–water partition coefficient (Wildman–Crippen LogP) is 3.37. The molecule has 1 aromatic heterocycles. The highest BCUT2D eigenvalue weighted by Crippen LogP contribution is 2.23. The normalized spacial score (nSPS) is 17.7. The van der Waals surface area contributed by atoms with Crippen LogP contribution in [0.4, 0.5) is 5.69 Å². The fourth-order valence-electron chi connectivity index (χ4n) is 3.18. The summed E-state index contributed by atoms with van der Waals surface area (Å²) >= 11 is 1.81. The van der Waals surface area contributed by atoms with Gasteiger partial charge in [-0.2, -0.15) is 0 Å². The fraction of sp³-hybridized carbons (Fsp3) is 0.450. The lowest BCUT2D eigenvalue weighted by molar-refractivity contribution is 0.599. The van der Waals surface area contributed by atoms with Crippen molar-refractivity contribution in [3.8, 4) is 0 Å². The van der Waals surface area contributed by atoms with Gasteiger partial charge in [0.15, 0.2) is 5.96 Å². The van der Waals surface area contributed by atoms with Gasteiger partial charge in [-0.05, 0) is 49.3 Å². The van der Waals surface area contributed by atoms with Gasteiger partial charge in [-0.3, -0.25) is 4.99 Å². The first-order valence-corrected chi connectivity index (χ1v) is 10.1. The third kappa shape index (κ3) is 5.49. The second-order valence-corrected chi connectivity index (χ2v) is 7.44. The number of benzene rings is 1. The number of guanidine groups is 1. The summed E-state index contributed by atoms with van der Waals surface area (Å²) in [5.41, 5.74) is 1.33. The summed E-state index contributed by atoms with van der Waals surface area (Å²) in [5.74, 6) is 1.57. The molecule has 0 aliphatic carbocycles. The molecule has 1 aromatic carbocycles. The maximum absolute atomic E-state index is 4.81. The van der Waals surface area contributed by atoms with Crippen molar-refractivity contribution in [3.63, 3.8) is 0 Å². The third-order valence-corrected chi connectivity index (χ3v) is 5.44. The Bertz CT molecular complexity index is 639. The predicted molar refractivity (Wildman–Crippen MR) is 109 cm³/mol. The van der Waals surface area contributed by atoms with E-state index in [0.717, 1.165) is 45.1 Å². The molecule has 0 radical (unpaired) electrons. The van der Waals surface area contributed by atoms with Gasteiger partial charge >= 0.3 is 0 Å². The lowest BCUT2D eigenvalue weighted by Crippen LogP contribution is -2.38. The smallest absolute Gasteiger partial charge is 0.191 e. The lowest BCUT2D eigenvalue weighted by Gasteiger charge is -2.18. The number of hydrogen-bond acceptors (Lipinski definition) is 3. The molecular formula is C20H28N4S. The highest BCUT2D eigenvalue weighted by atomic mass is 32.1. The molecule has 1 saturated heterocycles. The van der Waals surface area contributed by atoms with Crippen LogP contribution in [0, 0.1) is 5.92 Å². The maximum Gasteiger partial charge on any atom is 0.191 e. The fourth-order valence-corrected chi connectivity index (χ4v) is 3.89. The van der Waals surface area contributed by atoms with E-state index in [9.17, 15) is 0 Å². The Morgan fingerprint density at radius 3 is 2.84 bits per heavy atom. The van der Waals surface area contributed by atoms with Crippen molar-refractivity contribution in [2.75, 3.05) is 37.6 Å². The second kappa shape index (κ2) is 9.47. The molecule has 0 saturated carbocycles. The zero-order valence-corrected chi connectivity index (χ0v) is 15.8. The van der Waals surface area contributed by atoms with Gasteiger partial charge in [0.2, 0.25) is 0 Å².